The van der Waals surface area contributed by atoms with Gasteiger partial charge in [-0.3, -0.25) is 0 Å². The SMILES string of the molecule is CCCCCCOC(=O)c1ccc(OC(=O)/C=C/c2ccc(OC)cc2)cc1. The molecule has 0 amide bonds. The van der Waals surface area contributed by atoms with Crippen molar-refractivity contribution in [1.82, 2.24) is 0 Å². The Morgan fingerprint density at radius 2 is 1.57 bits per heavy atom. The Balaban J connectivity index is 1.81. The predicted octanol–water partition coefficient (Wildman–Crippen LogP) is 5.05. The number of benzene rings is 2. The second-order valence-electron chi connectivity index (χ2n) is 6.25. The van der Waals surface area contributed by atoms with Gasteiger partial charge in [0.1, 0.15) is 11.5 Å². The monoisotopic (exact) mass is 382 g/mol. The first-order valence-corrected chi connectivity index (χ1v) is 9.43. The lowest BCUT2D eigenvalue weighted by molar-refractivity contribution is -0.128. The molecule has 0 unspecified atom stereocenters. The zero-order valence-corrected chi connectivity index (χ0v) is 16.4. The normalized spacial score (nSPS) is 10.6. The van der Waals surface area contributed by atoms with Gasteiger partial charge in [0.25, 0.3) is 0 Å². The van der Waals surface area contributed by atoms with E-state index in [-0.39, 0.29) is 5.97 Å². The number of esters is 2. The van der Waals surface area contributed by atoms with Crippen LogP contribution in [0.1, 0.15) is 48.5 Å². The van der Waals surface area contributed by atoms with Crippen molar-refractivity contribution in [3.05, 3.63) is 65.7 Å². The lowest BCUT2D eigenvalue weighted by Crippen LogP contribution is -2.07. The van der Waals surface area contributed by atoms with E-state index in [4.69, 9.17) is 14.2 Å². The Morgan fingerprint density at radius 3 is 2.21 bits per heavy atom. The third-order valence-corrected chi connectivity index (χ3v) is 4.07. The summed E-state index contributed by atoms with van der Waals surface area (Å²) in [6.07, 6.45) is 7.22. The van der Waals surface area contributed by atoms with Gasteiger partial charge in [-0.1, -0.05) is 38.3 Å². The van der Waals surface area contributed by atoms with Crippen molar-refractivity contribution in [3.8, 4) is 11.5 Å². The van der Waals surface area contributed by atoms with Gasteiger partial charge < -0.3 is 14.2 Å². The third-order valence-electron chi connectivity index (χ3n) is 4.07. The number of methoxy groups -OCH3 is 1. The number of ether oxygens (including phenoxy) is 3. The average molecular weight is 382 g/mol. The lowest BCUT2D eigenvalue weighted by atomic mass is 10.2. The van der Waals surface area contributed by atoms with Gasteiger partial charge in [0.05, 0.1) is 19.3 Å². The summed E-state index contributed by atoms with van der Waals surface area (Å²) >= 11 is 0. The van der Waals surface area contributed by atoms with E-state index in [0.29, 0.717) is 17.9 Å². The summed E-state index contributed by atoms with van der Waals surface area (Å²) in [5, 5.41) is 0. The maximum atomic E-state index is 12.0. The highest BCUT2D eigenvalue weighted by molar-refractivity contribution is 5.90. The molecule has 0 N–H and O–H groups in total. The second-order valence-corrected chi connectivity index (χ2v) is 6.25. The Hall–Kier alpha value is -3.08. The first kappa shape index (κ1) is 21.2. The molecule has 0 saturated carbocycles. The van der Waals surface area contributed by atoms with Crippen LogP contribution in [0.2, 0.25) is 0 Å². The molecule has 2 aromatic carbocycles. The molecule has 0 aliphatic carbocycles. The van der Waals surface area contributed by atoms with Gasteiger partial charge in [0.2, 0.25) is 0 Å². The summed E-state index contributed by atoms with van der Waals surface area (Å²) in [5.41, 5.74) is 1.29. The molecule has 0 saturated heterocycles. The number of carbonyl (C=O) groups excluding carboxylic acids is 2. The number of hydrogen-bond acceptors (Lipinski definition) is 5. The van der Waals surface area contributed by atoms with E-state index < -0.39 is 5.97 Å². The van der Waals surface area contributed by atoms with E-state index in [1.54, 1.807) is 37.5 Å². The number of unbranched alkanes of at least 4 members (excludes halogenated alkanes) is 3. The molecule has 0 fully saturated rings. The fourth-order valence-corrected chi connectivity index (χ4v) is 2.47. The quantitative estimate of drug-likeness (QED) is 0.249. The minimum absolute atomic E-state index is 0.365. The molecular weight excluding hydrogens is 356 g/mol. The van der Waals surface area contributed by atoms with E-state index in [1.165, 1.54) is 6.08 Å². The Bertz CT molecular complexity index is 776. The van der Waals surface area contributed by atoms with E-state index in [2.05, 4.69) is 6.92 Å². The molecule has 0 aliphatic rings. The fourth-order valence-electron chi connectivity index (χ4n) is 2.47. The van der Waals surface area contributed by atoms with Crippen LogP contribution in [0.15, 0.2) is 54.6 Å². The standard InChI is InChI=1S/C23H26O5/c1-3-4-5-6-17-27-23(25)19-10-14-21(15-11-19)28-22(24)16-9-18-7-12-20(26-2)13-8-18/h7-16H,3-6,17H2,1-2H3/b16-9+. The molecule has 28 heavy (non-hydrogen) atoms. The second kappa shape index (κ2) is 11.6. The Labute approximate surface area is 165 Å². The zero-order chi connectivity index (χ0) is 20.2. The molecule has 5 heteroatoms. The molecule has 2 aromatic rings. The fraction of sp³-hybridized carbons (Fsp3) is 0.304. The average Bonchev–Trinajstić information content (AvgIpc) is 2.73. The van der Waals surface area contributed by atoms with Crippen molar-refractivity contribution in [1.29, 1.82) is 0 Å². The molecule has 0 spiro atoms. The van der Waals surface area contributed by atoms with Gasteiger partial charge in [-0.2, -0.15) is 0 Å². The first-order valence-electron chi connectivity index (χ1n) is 9.43. The Morgan fingerprint density at radius 1 is 0.893 bits per heavy atom. The van der Waals surface area contributed by atoms with E-state index in [9.17, 15) is 9.59 Å². The minimum Gasteiger partial charge on any atom is -0.497 e. The molecule has 0 bridgehead atoms. The van der Waals surface area contributed by atoms with Crippen molar-refractivity contribution in [2.24, 2.45) is 0 Å². The van der Waals surface area contributed by atoms with Crippen LogP contribution in [0.4, 0.5) is 0 Å². The van der Waals surface area contributed by atoms with E-state index >= 15 is 0 Å². The summed E-state index contributed by atoms with van der Waals surface area (Å²) in [6.45, 7) is 2.56. The van der Waals surface area contributed by atoms with Crippen molar-refractivity contribution in [2.75, 3.05) is 13.7 Å². The topological polar surface area (TPSA) is 61.8 Å². The molecule has 0 atom stereocenters. The molecule has 0 aliphatic heterocycles. The molecule has 5 nitrogen and oxygen atoms in total. The number of hydrogen-bond donors (Lipinski definition) is 0. The van der Waals surface area contributed by atoms with Crippen LogP contribution in [-0.4, -0.2) is 25.7 Å². The van der Waals surface area contributed by atoms with Crippen LogP contribution in [0.5, 0.6) is 11.5 Å². The van der Waals surface area contributed by atoms with Crippen molar-refractivity contribution < 1.29 is 23.8 Å². The van der Waals surface area contributed by atoms with Gasteiger partial charge in [-0.25, -0.2) is 9.59 Å². The van der Waals surface area contributed by atoms with Crippen LogP contribution >= 0.6 is 0 Å². The summed E-state index contributed by atoms with van der Waals surface area (Å²) in [5.74, 6) is 0.249. The zero-order valence-electron chi connectivity index (χ0n) is 16.4. The minimum atomic E-state index is -0.498. The van der Waals surface area contributed by atoms with Crippen LogP contribution in [0, 0.1) is 0 Å². The summed E-state index contributed by atoms with van der Waals surface area (Å²) in [6, 6.07) is 13.6. The summed E-state index contributed by atoms with van der Waals surface area (Å²) in [7, 11) is 1.60. The van der Waals surface area contributed by atoms with Gasteiger partial charge >= 0.3 is 11.9 Å². The smallest absolute Gasteiger partial charge is 0.338 e. The van der Waals surface area contributed by atoms with Gasteiger partial charge in [-0.05, 0) is 54.5 Å². The largest absolute Gasteiger partial charge is 0.497 e. The van der Waals surface area contributed by atoms with Crippen LogP contribution in [0.3, 0.4) is 0 Å². The van der Waals surface area contributed by atoms with E-state index in [0.717, 1.165) is 37.0 Å². The summed E-state index contributed by atoms with van der Waals surface area (Å²) in [4.78, 5) is 23.9. The molecule has 0 heterocycles. The summed E-state index contributed by atoms with van der Waals surface area (Å²) < 4.78 is 15.6. The molecule has 148 valence electrons. The van der Waals surface area contributed by atoms with Gasteiger partial charge in [0.15, 0.2) is 0 Å². The molecule has 0 radical (unpaired) electrons. The maximum absolute atomic E-state index is 12.0. The molecule has 2 rings (SSSR count). The van der Waals surface area contributed by atoms with Crippen molar-refractivity contribution in [2.45, 2.75) is 32.6 Å². The van der Waals surface area contributed by atoms with Crippen molar-refractivity contribution in [3.63, 3.8) is 0 Å². The maximum Gasteiger partial charge on any atom is 0.338 e. The highest BCUT2D eigenvalue weighted by atomic mass is 16.5. The predicted molar refractivity (Wildman–Crippen MR) is 109 cm³/mol. The number of rotatable bonds is 10. The van der Waals surface area contributed by atoms with Gasteiger partial charge in [-0.15, -0.1) is 0 Å². The molecular formula is C23H26O5. The molecule has 0 aromatic heterocycles. The number of carbonyl (C=O) groups is 2. The van der Waals surface area contributed by atoms with Crippen molar-refractivity contribution >= 4 is 18.0 Å². The van der Waals surface area contributed by atoms with Crippen LogP contribution < -0.4 is 9.47 Å². The first-order chi connectivity index (χ1) is 13.6. The third kappa shape index (κ3) is 7.27. The van der Waals surface area contributed by atoms with Gasteiger partial charge in [0, 0.05) is 6.08 Å². The van der Waals surface area contributed by atoms with E-state index in [1.807, 2.05) is 24.3 Å². The highest BCUT2D eigenvalue weighted by Gasteiger charge is 2.08. The Kier molecular flexibility index (Phi) is 8.79. The lowest BCUT2D eigenvalue weighted by Gasteiger charge is -2.06. The van der Waals surface area contributed by atoms with Crippen LogP contribution in [0.25, 0.3) is 6.08 Å². The highest BCUT2D eigenvalue weighted by Crippen LogP contribution is 2.15. The van der Waals surface area contributed by atoms with Crippen LogP contribution in [-0.2, 0) is 9.53 Å².